The van der Waals surface area contributed by atoms with E-state index in [2.05, 4.69) is 20.8 Å². The molecule has 2 rings (SSSR count). The van der Waals surface area contributed by atoms with E-state index >= 15 is 0 Å². The van der Waals surface area contributed by atoms with E-state index in [9.17, 15) is 0 Å². The summed E-state index contributed by atoms with van der Waals surface area (Å²) in [7, 11) is 0. The van der Waals surface area contributed by atoms with Gasteiger partial charge in [-0.1, -0.05) is 33.6 Å². The van der Waals surface area contributed by atoms with E-state index in [1.54, 1.807) is 0 Å². The van der Waals surface area contributed by atoms with E-state index in [1.807, 2.05) is 5.92 Å². The van der Waals surface area contributed by atoms with Crippen LogP contribution < -0.4 is 0 Å². The van der Waals surface area contributed by atoms with Crippen molar-refractivity contribution in [1.29, 1.82) is 0 Å². The van der Waals surface area contributed by atoms with Gasteiger partial charge >= 0.3 is 0 Å². The molecule has 0 unspecified atom stereocenters. The summed E-state index contributed by atoms with van der Waals surface area (Å²) < 4.78 is 6.77. The SMILES string of the molecule is CCC[C+]1CC[C@@]2(CCC)CC[C@@](CCC)(CC1)O2. The number of rotatable bonds is 6. The molecule has 2 fully saturated rings. The van der Waals surface area contributed by atoms with Crippen molar-refractivity contribution in [3.63, 3.8) is 0 Å². The molecule has 0 radical (unpaired) electrons. The minimum Gasteiger partial charge on any atom is -0.368 e. The van der Waals surface area contributed by atoms with Crippen LogP contribution in [0.25, 0.3) is 0 Å². The van der Waals surface area contributed by atoms with Crippen LogP contribution in [-0.2, 0) is 4.74 Å². The van der Waals surface area contributed by atoms with E-state index in [0.29, 0.717) is 0 Å². The fourth-order valence-corrected chi connectivity index (χ4v) is 4.42. The molecule has 0 aromatic heterocycles. The smallest absolute Gasteiger partial charge is 0.0927 e. The summed E-state index contributed by atoms with van der Waals surface area (Å²) in [4.78, 5) is 0. The topological polar surface area (TPSA) is 9.23 Å². The Hall–Kier alpha value is -0.170. The van der Waals surface area contributed by atoms with Gasteiger partial charge in [-0.2, -0.15) is 0 Å². The van der Waals surface area contributed by atoms with E-state index in [4.69, 9.17) is 4.74 Å². The molecule has 110 valence electrons. The average molecular weight is 265 g/mol. The zero-order valence-corrected chi connectivity index (χ0v) is 13.4. The van der Waals surface area contributed by atoms with Crippen LogP contribution in [0.5, 0.6) is 0 Å². The lowest BCUT2D eigenvalue weighted by Gasteiger charge is -2.37. The maximum absolute atomic E-state index is 6.77. The monoisotopic (exact) mass is 265 g/mol. The molecule has 0 saturated carbocycles. The average Bonchev–Trinajstić information content (AvgIpc) is 2.75. The molecule has 2 heterocycles. The molecule has 1 nitrogen and oxygen atoms in total. The van der Waals surface area contributed by atoms with Gasteiger partial charge in [-0.15, -0.1) is 0 Å². The number of hydrogen-bond acceptors (Lipinski definition) is 1. The summed E-state index contributed by atoms with van der Waals surface area (Å²) in [6.07, 6.45) is 15.6. The maximum atomic E-state index is 6.77. The highest BCUT2D eigenvalue weighted by Crippen LogP contribution is 2.51. The second kappa shape index (κ2) is 6.52. The van der Waals surface area contributed by atoms with Crippen molar-refractivity contribution >= 4 is 0 Å². The molecule has 2 saturated heterocycles. The van der Waals surface area contributed by atoms with Crippen LogP contribution in [0.1, 0.15) is 97.8 Å². The quantitative estimate of drug-likeness (QED) is 0.549. The molecule has 0 aliphatic carbocycles. The van der Waals surface area contributed by atoms with Crippen molar-refractivity contribution in [3.05, 3.63) is 5.92 Å². The molecule has 2 aliphatic heterocycles. The van der Waals surface area contributed by atoms with Crippen molar-refractivity contribution in [1.82, 2.24) is 0 Å². The molecule has 0 N–H and O–H groups in total. The van der Waals surface area contributed by atoms with Gasteiger partial charge in [-0.25, -0.2) is 0 Å². The summed E-state index contributed by atoms with van der Waals surface area (Å²) in [5, 5.41) is 0. The van der Waals surface area contributed by atoms with Crippen LogP contribution in [0.4, 0.5) is 0 Å². The van der Waals surface area contributed by atoms with Crippen LogP contribution in [0.3, 0.4) is 0 Å². The summed E-state index contributed by atoms with van der Waals surface area (Å²) in [5.41, 5.74) is 0.479. The van der Waals surface area contributed by atoms with Gasteiger partial charge in [0.1, 0.15) is 0 Å². The molecular formula is C18H33O+. The summed E-state index contributed by atoms with van der Waals surface area (Å²) >= 11 is 0. The Bertz CT molecular complexity index is 251. The van der Waals surface area contributed by atoms with Crippen LogP contribution in [0.2, 0.25) is 0 Å². The first-order chi connectivity index (χ1) is 9.17. The fourth-order valence-electron chi connectivity index (χ4n) is 4.42. The van der Waals surface area contributed by atoms with Gasteiger partial charge in [0.25, 0.3) is 0 Å². The van der Waals surface area contributed by atoms with E-state index in [1.165, 1.54) is 77.0 Å². The Morgan fingerprint density at radius 3 is 1.74 bits per heavy atom. The number of ether oxygens (including phenoxy) is 1. The highest BCUT2D eigenvalue weighted by molar-refractivity contribution is 5.04. The third-order valence-corrected chi connectivity index (χ3v) is 5.35. The molecule has 2 bridgehead atoms. The van der Waals surface area contributed by atoms with Gasteiger partial charge in [0, 0.05) is 12.8 Å². The zero-order chi connectivity index (χ0) is 13.8. The Labute approximate surface area is 120 Å². The van der Waals surface area contributed by atoms with Gasteiger partial charge in [0.05, 0.1) is 36.4 Å². The standard InChI is InChI=1S/C18H33O/c1-4-7-16-8-12-17(10-5-2)14-15-18(19-17,11-6-3)13-9-16/h4-15H2,1-3H3/q+1/t17-,18+. The van der Waals surface area contributed by atoms with Crippen molar-refractivity contribution in [2.24, 2.45) is 0 Å². The van der Waals surface area contributed by atoms with Gasteiger partial charge in [0.15, 0.2) is 0 Å². The molecule has 0 amide bonds. The lowest BCUT2D eigenvalue weighted by atomic mass is 9.83. The summed E-state index contributed by atoms with van der Waals surface area (Å²) in [5.74, 6) is 1.83. The molecule has 2 atom stereocenters. The van der Waals surface area contributed by atoms with Crippen molar-refractivity contribution in [2.45, 2.75) is 109 Å². The highest BCUT2D eigenvalue weighted by Gasteiger charge is 2.51. The third-order valence-electron chi connectivity index (χ3n) is 5.35. The highest BCUT2D eigenvalue weighted by atomic mass is 16.5. The first-order valence-corrected chi connectivity index (χ1v) is 8.71. The van der Waals surface area contributed by atoms with Crippen LogP contribution >= 0.6 is 0 Å². The predicted molar refractivity (Wildman–Crippen MR) is 82.2 cm³/mol. The Balaban J connectivity index is 2.10. The van der Waals surface area contributed by atoms with E-state index in [0.717, 1.165) is 0 Å². The molecule has 0 aromatic carbocycles. The zero-order valence-electron chi connectivity index (χ0n) is 13.4. The van der Waals surface area contributed by atoms with Crippen LogP contribution in [0, 0.1) is 5.92 Å². The lowest BCUT2D eigenvalue weighted by Crippen LogP contribution is -2.38. The Morgan fingerprint density at radius 1 is 0.789 bits per heavy atom. The van der Waals surface area contributed by atoms with E-state index in [-0.39, 0.29) is 11.2 Å². The Kier molecular flexibility index (Phi) is 5.22. The van der Waals surface area contributed by atoms with Crippen molar-refractivity contribution in [3.8, 4) is 0 Å². The maximum Gasteiger partial charge on any atom is 0.0927 e. The van der Waals surface area contributed by atoms with Gasteiger partial charge < -0.3 is 4.74 Å². The van der Waals surface area contributed by atoms with Crippen molar-refractivity contribution < 1.29 is 4.74 Å². The lowest BCUT2D eigenvalue weighted by molar-refractivity contribution is -0.125. The first-order valence-electron chi connectivity index (χ1n) is 8.71. The van der Waals surface area contributed by atoms with Crippen molar-refractivity contribution in [2.75, 3.05) is 0 Å². The summed E-state index contributed by atoms with van der Waals surface area (Å²) in [6.45, 7) is 6.95. The van der Waals surface area contributed by atoms with Gasteiger partial charge in [-0.3, -0.25) is 0 Å². The molecule has 1 heteroatoms. The third kappa shape index (κ3) is 3.48. The Morgan fingerprint density at radius 2 is 1.32 bits per heavy atom. The first kappa shape index (κ1) is 15.2. The van der Waals surface area contributed by atoms with Crippen LogP contribution in [0.15, 0.2) is 0 Å². The predicted octanol–water partition coefficient (Wildman–Crippen LogP) is 5.82. The molecule has 19 heavy (non-hydrogen) atoms. The van der Waals surface area contributed by atoms with Gasteiger partial charge in [-0.05, 0) is 32.1 Å². The number of fused-ring (bicyclic) bond motifs is 2. The molecule has 0 aromatic rings. The minimum absolute atomic E-state index is 0.239. The molecule has 0 spiro atoms. The minimum atomic E-state index is 0.239. The fraction of sp³-hybridized carbons (Fsp3) is 0.944. The second-order valence-electron chi connectivity index (χ2n) is 6.97. The van der Waals surface area contributed by atoms with E-state index < -0.39 is 0 Å². The van der Waals surface area contributed by atoms with Gasteiger partial charge in [0.2, 0.25) is 0 Å². The number of hydrogen-bond donors (Lipinski definition) is 0. The molecule has 2 aliphatic rings. The molecular weight excluding hydrogens is 232 g/mol. The normalized spacial score (nSPS) is 35.2. The van der Waals surface area contributed by atoms with Crippen LogP contribution in [-0.4, -0.2) is 11.2 Å². The second-order valence-corrected chi connectivity index (χ2v) is 6.97. The summed E-state index contributed by atoms with van der Waals surface area (Å²) in [6, 6.07) is 0. The largest absolute Gasteiger partial charge is 0.368 e.